The van der Waals surface area contributed by atoms with E-state index < -0.39 is 0 Å². The Bertz CT molecular complexity index is 130. The molecule has 0 bridgehead atoms. The van der Waals surface area contributed by atoms with Crippen LogP contribution >= 0.6 is 0 Å². The molecule has 4 heteroatoms. The summed E-state index contributed by atoms with van der Waals surface area (Å²) in [7, 11) is 1.64. The Kier molecular flexibility index (Phi) is 3.32. The van der Waals surface area contributed by atoms with E-state index in [1.54, 1.807) is 7.05 Å². The quantitative estimate of drug-likeness (QED) is 0.469. The number of ether oxygens (including phenoxy) is 1. The Morgan fingerprint density at radius 1 is 1.73 bits per heavy atom. The Balaban J connectivity index is 2.36. The first-order valence-corrected chi connectivity index (χ1v) is 3.99. The van der Waals surface area contributed by atoms with Gasteiger partial charge in [-0.1, -0.05) is 0 Å². The number of quaternary nitrogens is 1. The van der Waals surface area contributed by atoms with E-state index >= 15 is 0 Å². The number of hydrogen-bond donors (Lipinski definition) is 2. The lowest BCUT2D eigenvalue weighted by Crippen LogP contribution is -2.86. The molecule has 1 aliphatic heterocycles. The second-order valence-corrected chi connectivity index (χ2v) is 2.64. The van der Waals surface area contributed by atoms with Gasteiger partial charge < -0.3 is 15.4 Å². The van der Waals surface area contributed by atoms with Crippen LogP contribution in [0.3, 0.4) is 0 Å². The highest BCUT2D eigenvalue weighted by Gasteiger charge is 2.21. The van der Waals surface area contributed by atoms with Crippen LogP contribution in [-0.4, -0.2) is 38.8 Å². The molecule has 0 radical (unpaired) electrons. The highest BCUT2D eigenvalue weighted by Crippen LogP contribution is 1.92. The molecule has 1 rings (SSSR count). The smallest absolute Gasteiger partial charge is 0.254 e. The van der Waals surface area contributed by atoms with Crippen LogP contribution in [-0.2, 0) is 9.53 Å². The molecule has 1 atom stereocenters. The first-order chi connectivity index (χ1) is 5.34. The summed E-state index contributed by atoms with van der Waals surface area (Å²) in [5, 5.41) is 4.70. The molecule has 1 saturated heterocycles. The van der Waals surface area contributed by atoms with Crippen molar-refractivity contribution >= 4 is 5.91 Å². The van der Waals surface area contributed by atoms with Gasteiger partial charge in [0, 0.05) is 13.5 Å². The zero-order valence-electron chi connectivity index (χ0n) is 6.80. The van der Waals surface area contributed by atoms with E-state index in [4.69, 9.17) is 4.74 Å². The van der Waals surface area contributed by atoms with Crippen molar-refractivity contribution in [3.8, 4) is 0 Å². The Labute approximate surface area is 66.3 Å². The largest absolute Gasteiger partial charge is 0.362 e. The molecule has 0 aromatic rings. The van der Waals surface area contributed by atoms with Crippen molar-refractivity contribution in [1.82, 2.24) is 5.32 Å². The second-order valence-electron chi connectivity index (χ2n) is 2.64. The van der Waals surface area contributed by atoms with Gasteiger partial charge >= 0.3 is 0 Å². The number of rotatable bonds is 1. The normalized spacial score (nSPS) is 25.7. The minimum absolute atomic E-state index is 0.0110. The second kappa shape index (κ2) is 4.31. The number of carbonyl (C=O) groups is 1. The van der Waals surface area contributed by atoms with Gasteiger partial charge in [0.1, 0.15) is 6.54 Å². The molecule has 0 aromatic carbocycles. The highest BCUT2D eigenvalue weighted by atomic mass is 16.5. The van der Waals surface area contributed by atoms with Crippen molar-refractivity contribution in [1.29, 1.82) is 0 Å². The molecule has 11 heavy (non-hydrogen) atoms. The van der Waals surface area contributed by atoms with Crippen LogP contribution < -0.4 is 10.6 Å². The van der Waals surface area contributed by atoms with E-state index in [0.717, 1.165) is 19.5 Å². The number of carbonyl (C=O) groups excluding carboxylic acids is 1. The van der Waals surface area contributed by atoms with Crippen molar-refractivity contribution in [2.75, 3.05) is 26.7 Å². The number of nitrogens with two attached hydrogens (primary N) is 1. The van der Waals surface area contributed by atoms with Gasteiger partial charge in [0.2, 0.25) is 0 Å². The first kappa shape index (κ1) is 8.49. The topological polar surface area (TPSA) is 54.9 Å². The lowest BCUT2D eigenvalue weighted by molar-refractivity contribution is -0.654. The van der Waals surface area contributed by atoms with E-state index in [9.17, 15) is 4.79 Å². The van der Waals surface area contributed by atoms with Gasteiger partial charge in [-0.3, -0.25) is 4.79 Å². The summed E-state index contributed by atoms with van der Waals surface area (Å²) in [5.41, 5.74) is 0. The van der Waals surface area contributed by atoms with E-state index in [-0.39, 0.29) is 12.0 Å². The Morgan fingerprint density at radius 3 is 3.27 bits per heavy atom. The lowest BCUT2D eigenvalue weighted by atomic mass is 10.3. The zero-order valence-corrected chi connectivity index (χ0v) is 6.80. The molecule has 0 saturated carbocycles. The summed E-state index contributed by atoms with van der Waals surface area (Å²) in [6.07, 6.45) is 0.788. The predicted octanol–water partition coefficient (Wildman–Crippen LogP) is -1.92. The van der Waals surface area contributed by atoms with Gasteiger partial charge in [-0.05, 0) is 0 Å². The molecule has 1 amide bonds. The van der Waals surface area contributed by atoms with Crippen molar-refractivity contribution in [3.63, 3.8) is 0 Å². The number of likely N-dealkylation sites (N-methyl/N-ethyl adjacent to an activating group) is 1. The number of hydrogen-bond acceptors (Lipinski definition) is 2. The van der Waals surface area contributed by atoms with Crippen LogP contribution in [0.5, 0.6) is 0 Å². The molecule has 1 aliphatic rings. The lowest BCUT2D eigenvalue weighted by Gasteiger charge is -2.10. The van der Waals surface area contributed by atoms with Crippen LogP contribution in [0.15, 0.2) is 0 Å². The maximum absolute atomic E-state index is 11.1. The molecule has 64 valence electrons. The highest BCUT2D eigenvalue weighted by molar-refractivity contribution is 5.80. The van der Waals surface area contributed by atoms with Crippen LogP contribution in [0.2, 0.25) is 0 Å². The van der Waals surface area contributed by atoms with Gasteiger partial charge in [-0.25, -0.2) is 0 Å². The third-order valence-corrected chi connectivity index (χ3v) is 1.79. The summed E-state index contributed by atoms with van der Waals surface area (Å²) in [5.74, 6) is -0.0110. The van der Waals surface area contributed by atoms with E-state index in [1.165, 1.54) is 0 Å². The maximum atomic E-state index is 11.1. The summed E-state index contributed by atoms with van der Waals surface area (Å²) in [4.78, 5) is 11.1. The molecule has 3 N–H and O–H groups in total. The molecule has 1 unspecified atom stereocenters. The van der Waals surface area contributed by atoms with Gasteiger partial charge in [-0.2, -0.15) is 0 Å². The van der Waals surface area contributed by atoms with Crippen LogP contribution in [0, 0.1) is 0 Å². The maximum Gasteiger partial charge on any atom is 0.254 e. The van der Waals surface area contributed by atoms with Crippen LogP contribution in [0.4, 0.5) is 0 Å². The van der Waals surface area contributed by atoms with Gasteiger partial charge in [0.25, 0.3) is 5.91 Å². The Hall–Kier alpha value is -0.610. The fourth-order valence-corrected chi connectivity index (χ4v) is 1.13. The molecule has 4 nitrogen and oxygen atoms in total. The summed E-state index contributed by atoms with van der Waals surface area (Å²) >= 11 is 0. The van der Waals surface area contributed by atoms with Crippen LogP contribution in [0.1, 0.15) is 6.42 Å². The van der Waals surface area contributed by atoms with Gasteiger partial charge in [0.05, 0.1) is 13.2 Å². The zero-order chi connectivity index (χ0) is 8.10. The predicted molar refractivity (Wildman–Crippen MR) is 40.1 cm³/mol. The molecular formula is C7H15N2O2+. The summed E-state index contributed by atoms with van der Waals surface area (Å²) in [6, 6.07) is 0. The van der Waals surface area contributed by atoms with Crippen molar-refractivity contribution in [2.45, 2.75) is 12.5 Å². The third kappa shape index (κ3) is 2.48. The average molecular weight is 159 g/mol. The summed E-state index contributed by atoms with van der Waals surface area (Å²) < 4.78 is 5.31. The molecule has 0 aliphatic carbocycles. The molecule has 1 heterocycles. The molecular weight excluding hydrogens is 144 g/mol. The van der Waals surface area contributed by atoms with Crippen LogP contribution in [0.25, 0.3) is 0 Å². The number of nitrogens with one attached hydrogen (secondary N) is 1. The number of amides is 1. The van der Waals surface area contributed by atoms with E-state index in [2.05, 4.69) is 10.6 Å². The van der Waals surface area contributed by atoms with Crippen molar-refractivity contribution in [3.05, 3.63) is 0 Å². The average Bonchev–Trinajstić information content (AvgIpc) is 2.30. The van der Waals surface area contributed by atoms with E-state index in [0.29, 0.717) is 6.61 Å². The fraction of sp³-hybridized carbons (Fsp3) is 0.857. The molecule has 0 aromatic heterocycles. The standard InChI is InChI=1S/C7H14N2O2/c1-8-7(10)6-5-9-3-2-4-11-6/h6,9H,2-5H2,1H3,(H,8,10)/p+1. The van der Waals surface area contributed by atoms with Crippen molar-refractivity contribution in [2.24, 2.45) is 0 Å². The monoisotopic (exact) mass is 159 g/mol. The van der Waals surface area contributed by atoms with Gasteiger partial charge in [0.15, 0.2) is 6.10 Å². The SMILES string of the molecule is CNC(=O)C1C[NH2+]CCCO1. The van der Waals surface area contributed by atoms with Gasteiger partial charge in [-0.15, -0.1) is 0 Å². The molecule has 1 fully saturated rings. The minimum Gasteiger partial charge on any atom is -0.362 e. The van der Waals surface area contributed by atoms with Crippen molar-refractivity contribution < 1.29 is 14.8 Å². The first-order valence-electron chi connectivity index (χ1n) is 3.99. The fourth-order valence-electron chi connectivity index (χ4n) is 1.13. The Morgan fingerprint density at radius 2 is 2.55 bits per heavy atom. The molecule has 0 spiro atoms. The third-order valence-electron chi connectivity index (χ3n) is 1.79. The summed E-state index contributed by atoms with van der Waals surface area (Å²) in [6.45, 7) is 2.52. The minimum atomic E-state index is -0.248. The van der Waals surface area contributed by atoms with E-state index in [1.807, 2.05) is 0 Å².